The van der Waals surface area contributed by atoms with Crippen LogP contribution in [0.3, 0.4) is 0 Å². The number of aryl methyl sites for hydroxylation is 1. The van der Waals surface area contributed by atoms with Crippen molar-refractivity contribution in [1.29, 1.82) is 0 Å². The molecule has 0 unspecified atom stereocenters. The van der Waals surface area contributed by atoms with Crippen LogP contribution in [0.15, 0.2) is 16.0 Å². The summed E-state index contributed by atoms with van der Waals surface area (Å²) in [5, 5.41) is 7.70. The second-order valence-electron chi connectivity index (χ2n) is 4.34. The van der Waals surface area contributed by atoms with Crippen LogP contribution in [0.5, 0.6) is 0 Å². The first-order valence-electron chi connectivity index (χ1n) is 5.99. The number of hydrogen-bond acceptors (Lipinski definition) is 6. The van der Waals surface area contributed by atoms with Gasteiger partial charge in [-0.2, -0.15) is 0 Å². The summed E-state index contributed by atoms with van der Waals surface area (Å²) in [5.41, 5.74) is 0.526. The van der Waals surface area contributed by atoms with E-state index < -0.39 is 9.84 Å². The SMILES string of the molecule is CCCCn1c(-c2ncoc2C)nnc1S(C)(=O)=O. The third kappa shape index (κ3) is 2.67. The van der Waals surface area contributed by atoms with Gasteiger partial charge in [0, 0.05) is 12.8 Å². The van der Waals surface area contributed by atoms with Gasteiger partial charge < -0.3 is 4.42 Å². The summed E-state index contributed by atoms with van der Waals surface area (Å²) in [4.78, 5) is 4.07. The highest BCUT2D eigenvalue weighted by Crippen LogP contribution is 2.22. The van der Waals surface area contributed by atoms with Crippen molar-refractivity contribution in [3.8, 4) is 11.5 Å². The van der Waals surface area contributed by atoms with Crippen LogP contribution in [0.2, 0.25) is 0 Å². The highest BCUT2D eigenvalue weighted by atomic mass is 32.2. The molecule has 0 fully saturated rings. The standard InChI is InChI=1S/C11H16N4O3S/c1-4-5-6-15-10(9-8(2)18-7-12-9)13-14-11(15)19(3,16)17/h7H,4-6H2,1-3H3. The molecule has 7 nitrogen and oxygen atoms in total. The topological polar surface area (TPSA) is 90.9 Å². The molecule has 2 aromatic rings. The number of sulfone groups is 1. The van der Waals surface area contributed by atoms with Crippen LogP contribution in [0.25, 0.3) is 11.5 Å². The summed E-state index contributed by atoms with van der Waals surface area (Å²) in [6.45, 7) is 4.32. The van der Waals surface area contributed by atoms with Gasteiger partial charge in [0.1, 0.15) is 11.5 Å². The van der Waals surface area contributed by atoms with E-state index in [4.69, 9.17) is 4.42 Å². The van der Waals surface area contributed by atoms with E-state index in [2.05, 4.69) is 15.2 Å². The predicted molar refractivity (Wildman–Crippen MR) is 68.3 cm³/mol. The van der Waals surface area contributed by atoms with Crippen molar-refractivity contribution >= 4 is 9.84 Å². The van der Waals surface area contributed by atoms with Gasteiger partial charge in [0.2, 0.25) is 15.0 Å². The van der Waals surface area contributed by atoms with Gasteiger partial charge in [-0.3, -0.25) is 4.57 Å². The van der Waals surface area contributed by atoms with Crippen LogP contribution in [0.1, 0.15) is 25.5 Å². The highest BCUT2D eigenvalue weighted by Gasteiger charge is 2.23. The van der Waals surface area contributed by atoms with E-state index >= 15 is 0 Å². The van der Waals surface area contributed by atoms with Crippen molar-refractivity contribution < 1.29 is 12.8 Å². The molecule has 0 bridgehead atoms. The molecule has 104 valence electrons. The van der Waals surface area contributed by atoms with Crippen LogP contribution < -0.4 is 0 Å². The molecule has 0 saturated carbocycles. The Balaban J connectivity index is 2.56. The first-order chi connectivity index (χ1) is 8.95. The first kappa shape index (κ1) is 13.7. The molecule has 8 heteroatoms. The van der Waals surface area contributed by atoms with Crippen molar-refractivity contribution in [2.45, 2.75) is 38.4 Å². The number of oxazole rings is 1. The lowest BCUT2D eigenvalue weighted by Crippen LogP contribution is -2.11. The fraction of sp³-hybridized carbons (Fsp3) is 0.545. The van der Waals surface area contributed by atoms with E-state index in [0.717, 1.165) is 19.1 Å². The molecule has 0 saturated heterocycles. The summed E-state index contributed by atoms with van der Waals surface area (Å²) in [6.07, 6.45) is 4.21. The minimum absolute atomic E-state index is 0.0293. The maximum Gasteiger partial charge on any atom is 0.249 e. The van der Waals surface area contributed by atoms with E-state index in [1.807, 2.05) is 6.92 Å². The molecule has 0 radical (unpaired) electrons. The average molecular weight is 284 g/mol. The Bertz CT molecular complexity index is 672. The molecule has 0 spiro atoms. The number of hydrogen-bond donors (Lipinski definition) is 0. The van der Waals surface area contributed by atoms with E-state index in [1.165, 1.54) is 6.39 Å². The van der Waals surface area contributed by atoms with E-state index in [0.29, 0.717) is 23.8 Å². The van der Waals surface area contributed by atoms with Crippen molar-refractivity contribution in [1.82, 2.24) is 19.7 Å². The Labute approximate surface area is 111 Å². The Morgan fingerprint density at radius 2 is 2.11 bits per heavy atom. The lowest BCUT2D eigenvalue weighted by molar-refractivity contribution is 0.526. The normalized spacial score (nSPS) is 11.9. The monoisotopic (exact) mass is 284 g/mol. The lowest BCUT2D eigenvalue weighted by atomic mass is 10.3. The summed E-state index contributed by atoms with van der Waals surface area (Å²) in [5.74, 6) is 1.02. The molecule has 19 heavy (non-hydrogen) atoms. The zero-order chi connectivity index (χ0) is 14.0. The van der Waals surface area contributed by atoms with Crippen molar-refractivity contribution in [2.75, 3.05) is 6.26 Å². The highest BCUT2D eigenvalue weighted by molar-refractivity contribution is 7.90. The minimum Gasteiger partial charge on any atom is -0.448 e. The molecule has 2 heterocycles. The van der Waals surface area contributed by atoms with Crippen LogP contribution in [0.4, 0.5) is 0 Å². The van der Waals surface area contributed by atoms with Crippen molar-refractivity contribution in [2.24, 2.45) is 0 Å². The van der Waals surface area contributed by atoms with E-state index in [1.54, 1.807) is 11.5 Å². The van der Waals surface area contributed by atoms with Gasteiger partial charge in [-0.1, -0.05) is 13.3 Å². The zero-order valence-electron chi connectivity index (χ0n) is 11.1. The second kappa shape index (κ2) is 5.12. The third-order valence-corrected chi connectivity index (χ3v) is 3.71. The van der Waals surface area contributed by atoms with E-state index in [-0.39, 0.29) is 5.16 Å². The molecule has 0 atom stereocenters. The minimum atomic E-state index is -3.42. The molecule has 2 aromatic heterocycles. The molecule has 2 rings (SSSR count). The average Bonchev–Trinajstić information content (AvgIpc) is 2.90. The molecule has 0 aliphatic carbocycles. The number of aromatic nitrogens is 4. The van der Waals surface area contributed by atoms with Gasteiger partial charge in [-0.25, -0.2) is 13.4 Å². The van der Waals surface area contributed by atoms with E-state index in [9.17, 15) is 8.42 Å². The second-order valence-corrected chi connectivity index (χ2v) is 6.25. The quantitative estimate of drug-likeness (QED) is 0.825. The smallest absolute Gasteiger partial charge is 0.249 e. The number of unbranched alkanes of at least 4 members (excludes halogenated alkanes) is 1. The summed E-state index contributed by atoms with van der Waals surface area (Å²) in [6, 6.07) is 0. The van der Waals surface area contributed by atoms with Gasteiger partial charge in [-0.15, -0.1) is 10.2 Å². The van der Waals surface area contributed by atoms with Gasteiger partial charge in [0.05, 0.1) is 0 Å². The molecular weight excluding hydrogens is 268 g/mol. The summed E-state index contributed by atoms with van der Waals surface area (Å²) in [7, 11) is -3.42. The number of rotatable bonds is 5. The fourth-order valence-electron chi connectivity index (χ4n) is 1.78. The fourth-order valence-corrected chi connectivity index (χ4v) is 2.54. The lowest BCUT2D eigenvalue weighted by Gasteiger charge is -2.07. The summed E-state index contributed by atoms with van der Waals surface area (Å²) < 4.78 is 30.2. The molecule has 0 aromatic carbocycles. The third-order valence-electron chi connectivity index (χ3n) is 2.74. The number of nitrogens with zero attached hydrogens (tertiary/aromatic N) is 4. The molecule has 0 N–H and O–H groups in total. The molecule has 0 amide bonds. The maximum atomic E-state index is 11.7. The van der Waals surface area contributed by atoms with Crippen LogP contribution >= 0.6 is 0 Å². The van der Waals surface area contributed by atoms with Crippen LogP contribution in [-0.4, -0.2) is 34.4 Å². The Hall–Kier alpha value is -1.70. The Kier molecular flexibility index (Phi) is 3.70. The van der Waals surface area contributed by atoms with Crippen molar-refractivity contribution in [3.05, 3.63) is 12.2 Å². The Morgan fingerprint density at radius 3 is 2.63 bits per heavy atom. The Morgan fingerprint density at radius 1 is 1.37 bits per heavy atom. The van der Waals surface area contributed by atoms with Gasteiger partial charge in [-0.05, 0) is 13.3 Å². The largest absolute Gasteiger partial charge is 0.448 e. The molecule has 0 aliphatic heterocycles. The maximum absolute atomic E-state index is 11.7. The predicted octanol–water partition coefficient (Wildman–Crippen LogP) is 1.45. The van der Waals surface area contributed by atoms with Crippen LogP contribution in [-0.2, 0) is 16.4 Å². The van der Waals surface area contributed by atoms with Crippen LogP contribution in [0, 0.1) is 6.92 Å². The summed E-state index contributed by atoms with van der Waals surface area (Å²) >= 11 is 0. The van der Waals surface area contributed by atoms with Crippen molar-refractivity contribution in [3.63, 3.8) is 0 Å². The first-order valence-corrected chi connectivity index (χ1v) is 7.88. The van der Waals surface area contributed by atoms with Gasteiger partial charge in [0.25, 0.3) is 0 Å². The molecule has 0 aliphatic rings. The zero-order valence-corrected chi connectivity index (χ0v) is 11.9. The molecular formula is C11H16N4O3S. The van der Waals surface area contributed by atoms with Gasteiger partial charge in [0.15, 0.2) is 12.2 Å². The van der Waals surface area contributed by atoms with Gasteiger partial charge >= 0.3 is 0 Å².